The molecule has 0 bridgehead atoms. The number of hydrogen-bond donors (Lipinski definition) is 0. The van der Waals surface area contributed by atoms with E-state index in [0.717, 1.165) is 5.56 Å². The molecule has 0 aliphatic carbocycles. The molecule has 4 rings (SSSR count). The van der Waals surface area contributed by atoms with Crippen LogP contribution in [-0.4, -0.2) is 20.3 Å². The number of aryl methyl sites for hydroxylation is 1. The molecule has 0 unspecified atom stereocenters. The minimum absolute atomic E-state index is 0.175. The molecule has 0 N–H and O–H groups in total. The second kappa shape index (κ2) is 3.60. The van der Waals surface area contributed by atoms with Crippen molar-refractivity contribution in [2.24, 2.45) is 0 Å². The number of benzene rings is 1. The fourth-order valence-electron chi connectivity index (χ4n) is 2.55. The quantitative estimate of drug-likeness (QED) is 0.483. The molecule has 0 spiro atoms. The third-order valence-electron chi connectivity index (χ3n) is 3.51. The summed E-state index contributed by atoms with van der Waals surface area (Å²) in [7, 11) is 0. The van der Waals surface area contributed by atoms with Gasteiger partial charge in [0.25, 0.3) is 5.56 Å². The first-order chi connectivity index (χ1) is 9.66. The molecule has 1 aromatic carbocycles. The molecule has 5 heteroatoms. The number of carbonyl (C=O) groups is 1. The molecule has 0 atom stereocenters. The van der Waals surface area contributed by atoms with Crippen molar-refractivity contribution in [3.63, 3.8) is 0 Å². The van der Waals surface area contributed by atoms with Gasteiger partial charge in [-0.3, -0.25) is 19.1 Å². The van der Waals surface area contributed by atoms with Gasteiger partial charge in [0, 0.05) is 12.4 Å². The number of carbonyl (C=O) groups excluding carboxylic acids is 1. The van der Waals surface area contributed by atoms with E-state index in [9.17, 15) is 9.59 Å². The maximum atomic E-state index is 12.5. The molecular weight excluding hydrogens is 254 g/mol. The van der Waals surface area contributed by atoms with Crippen LogP contribution in [0.3, 0.4) is 0 Å². The van der Waals surface area contributed by atoms with Crippen LogP contribution in [0.15, 0.2) is 41.5 Å². The maximum absolute atomic E-state index is 12.5. The number of hydrogen-bond acceptors (Lipinski definition) is 4. The Labute approximate surface area is 113 Å². The van der Waals surface area contributed by atoms with Crippen LogP contribution in [0, 0.1) is 6.92 Å². The summed E-state index contributed by atoms with van der Waals surface area (Å²) in [6.45, 7) is 1.91. The summed E-state index contributed by atoms with van der Waals surface area (Å²) < 4.78 is 1.38. The normalized spacial score (nSPS) is 12.6. The number of aromatic nitrogens is 3. The minimum atomic E-state index is -0.256. The van der Waals surface area contributed by atoms with E-state index in [2.05, 4.69) is 9.97 Å². The monoisotopic (exact) mass is 263 g/mol. The third kappa shape index (κ3) is 1.26. The first-order valence-electron chi connectivity index (χ1n) is 6.19. The summed E-state index contributed by atoms with van der Waals surface area (Å²) >= 11 is 0. The number of pyridine rings is 1. The SMILES string of the molecule is Cc1ccc2c(c1)C(=O)c1nc3ccncc3c(=O)n1-2. The second-order valence-corrected chi connectivity index (χ2v) is 4.82. The highest BCUT2D eigenvalue weighted by molar-refractivity contribution is 6.13. The highest BCUT2D eigenvalue weighted by Crippen LogP contribution is 2.26. The zero-order valence-electron chi connectivity index (χ0n) is 10.6. The Kier molecular flexibility index (Phi) is 1.99. The van der Waals surface area contributed by atoms with E-state index in [1.807, 2.05) is 13.0 Å². The van der Waals surface area contributed by atoms with Gasteiger partial charge in [0.1, 0.15) is 0 Å². The Morgan fingerprint density at radius 3 is 2.85 bits per heavy atom. The Bertz CT molecular complexity index is 957. The number of ketones is 1. The summed E-state index contributed by atoms with van der Waals surface area (Å²) in [5.74, 6) is -0.0335. The van der Waals surface area contributed by atoms with Crippen molar-refractivity contribution in [2.45, 2.75) is 6.92 Å². The summed E-state index contributed by atoms with van der Waals surface area (Å²) in [5, 5.41) is 0.414. The largest absolute Gasteiger partial charge is 0.285 e. The van der Waals surface area contributed by atoms with Crippen molar-refractivity contribution in [3.05, 3.63) is 64.0 Å². The number of fused-ring (bicyclic) bond motifs is 4. The van der Waals surface area contributed by atoms with Crippen molar-refractivity contribution < 1.29 is 4.79 Å². The average molecular weight is 263 g/mol. The third-order valence-corrected chi connectivity index (χ3v) is 3.51. The molecule has 96 valence electrons. The fourth-order valence-corrected chi connectivity index (χ4v) is 2.55. The lowest BCUT2D eigenvalue weighted by atomic mass is 10.1. The zero-order valence-corrected chi connectivity index (χ0v) is 10.6. The van der Waals surface area contributed by atoms with Gasteiger partial charge in [0.05, 0.1) is 22.2 Å². The van der Waals surface area contributed by atoms with Crippen LogP contribution in [0.5, 0.6) is 0 Å². The van der Waals surface area contributed by atoms with Crippen molar-refractivity contribution in [3.8, 4) is 5.69 Å². The fraction of sp³-hybridized carbons (Fsp3) is 0.0667. The molecule has 1 aliphatic heterocycles. The van der Waals surface area contributed by atoms with Crippen molar-refractivity contribution in [2.75, 3.05) is 0 Å². The average Bonchev–Trinajstić information content (AvgIpc) is 2.73. The lowest BCUT2D eigenvalue weighted by Gasteiger charge is -2.05. The first kappa shape index (κ1) is 11.0. The highest BCUT2D eigenvalue weighted by atomic mass is 16.1. The standard InChI is InChI=1S/C15H9N3O2/c1-8-2-3-12-9(6-8)13(19)14-17-11-4-5-16-7-10(11)15(20)18(12)14/h2-7H,1H3. The van der Waals surface area contributed by atoms with Crippen LogP contribution in [0.2, 0.25) is 0 Å². The predicted octanol–water partition coefficient (Wildman–Crippen LogP) is 1.63. The minimum Gasteiger partial charge on any atom is -0.285 e. The topological polar surface area (TPSA) is 64.8 Å². The van der Waals surface area contributed by atoms with E-state index in [1.54, 1.807) is 24.4 Å². The zero-order chi connectivity index (χ0) is 13.9. The molecule has 0 amide bonds. The predicted molar refractivity (Wildman–Crippen MR) is 73.3 cm³/mol. The molecule has 0 saturated heterocycles. The van der Waals surface area contributed by atoms with Crippen LogP contribution >= 0.6 is 0 Å². The van der Waals surface area contributed by atoms with Crippen molar-refractivity contribution >= 4 is 16.7 Å². The summed E-state index contributed by atoms with van der Waals surface area (Å²) in [6, 6.07) is 7.08. The van der Waals surface area contributed by atoms with E-state index in [1.165, 1.54) is 10.8 Å². The van der Waals surface area contributed by atoms with Gasteiger partial charge >= 0.3 is 0 Å². The Morgan fingerprint density at radius 1 is 1.15 bits per heavy atom. The van der Waals surface area contributed by atoms with Crippen molar-refractivity contribution in [1.29, 1.82) is 0 Å². The smallest absolute Gasteiger partial charge is 0.267 e. The Hall–Kier alpha value is -2.82. The molecule has 2 aromatic heterocycles. The summed E-state index contributed by atoms with van der Waals surface area (Å²) in [4.78, 5) is 33.2. The Morgan fingerprint density at radius 2 is 2.00 bits per heavy atom. The molecule has 5 nitrogen and oxygen atoms in total. The molecule has 0 radical (unpaired) electrons. The second-order valence-electron chi connectivity index (χ2n) is 4.82. The van der Waals surface area contributed by atoms with Gasteiger partial charge < -0.3 is 0 Å². The molecule has 3 aromatic rings. The van der Waals surface area contributed by atoms with Gasteiger partial charge in [0.15, 0.2) is 5.82 Å². The first-order valence-corrected chi connectivity index (χ1v) is 6.19. The molecule has 0 saturated carbocycles. The van der Waals surface area contributed by atoms with E-state index in [0.29, 0.717) is 22.2 Å². The van der Waals surface area contributed by atoms with E-state index >= 15 is 0 Å². The van der Waals surface area contributed by atoms with Crippen LogP contribution in [-0.2, 0) is 0 Å². The van der Waals surface area contributed by atoms with Crippen LogP contribution < -0.4 is 5.56 Å². The number of rotatable bonds is 0. The van der Waals surface area contributed by atoms with Gasteiger partial charge in [-0.25, -0.2) is 4.98 Å². The van der Waals surface area contributed by atoms with Crippen LogP contribution in [0.1, 0.15) is 21.7 Å². The van der Waals surface area contributed by atoms with Gasteiger partial charge in [-0.15, -0.1) is 0 Å². The maximum Gasteiger partial charge on any atom is 0.267 e. The van der Waals surface area contributed by atoms with E-state index in [4.69, 9.17) is 0 Å². The Balaban J connectivity index is 2.20. The molecular formula is C15H9N3O2. The van der Waals surface area contributed by atoms with Gasteiger partial charge in [-0.05, 0) is 25.1 Å². The van der Waals surface area contributed by atoms with Crippen LogP contribution in [0.25, 0.3) is 16.6 Å². The summed E-state index contributed by atoms with van der Waals surface area (Å²) in [5.41, 5.74) is 2.34. The van der Waals surface area contributed by atoms with Crippen molar-refractivity contribution in [1.82, 2.24) is 14.5 Å². The van der Waals surface area contributed by atoms with Crippen LogP contribution in [0.4, 0.5) is 0 Å². The van der Waals surface area contributed by atoms with Gasteiger partial charge in [-0.2, -0.15) is 0 Å². The molecule has 20 heavy (non-hydrogen) atoms. The number of nitrogens with zero attached hydrogens (tertiary/aromatic N) is 3. The van der Waals surface area contributed by atoms with E-state index in [-0.39, 0.29) is 17.2 Å². The molecule has 3 heterocycles. The highest BCUT2D eigenvalue weighted by Gasteiger charge is 2.30. The van der Waals surface area contributed by atoms with E-state index < -0.39 is 0 Å². The molecule has 1 aliphatic rings. The van der Waals surface area contributed by atoms with Gasteiger partial charge in [0.2, 0.25) is 5.78 Å². The summed E-state index contributed by atoms with van der Waals surface area (Å²) in [6.07, 6.45) is 3.04. The lowest BCUT2D eigenvalue weighted by Crippen LogP contribution is -2.21. The lowest BCUT2D eigenvalue weighted by molar-refractivity contribution is 0.103. The van der Waals surface area contributed by atoms with Gasteiger partial charge in [-0.1, -0.05) is 11.6 Å². The molecule has 0 fully saturated rings.